The van der Waals surface area contributed by atoms with Crippen molar-refractivity contribution in [3.8, 4) is 0 Å². The third kappa shape index (κ3) is 2.87. The molecule has 0 bridgehead atoms. The van der Waals surface area contributed by atoms with Crippen LogP contribution in [0.15, 0.2) is 12.8 Å². The van der Waals surface area contributed by atoms with Crippen LogP contribution in [-0.2, 0) is 6.32 Å². The highest BCUT2D eigenvalue weighted by Crippen LogP contribution is 2.22. The van der Waals surface area contributed by atoms with E-state index in [0.29, 0.717) is 0 Å². The highest BCUT2D eigenvalue weighted by atomic mass is 15.2. The largest absolute Gasteiger partial charge is 0.356 e. The van der Waals surface area contributed by atoms with Gasteiger partial charge in [-0.1, -0.05) is 19.5 Å². The Kier molecular flexibility index (Phi) is 4.18. The van der Waals surface area contributed by atoms with Gasteiger partial charge in [-0.05, 0) is 25.6 Å². The summed E-state index contributed by atoms with van der Waals surface area (Å²) in [6, 6.07) is 0. The van der Waals surface area contributed by atoms with E-state index in [0.717, 1.165) is 36.6 Å². The van der Waals surface area contributed by atoms with Crippen molar-refractivity contribution in [1.82, 2.24) is 9.97 Å². The summed E-state index contributed by atoms with van der Waals surface area (Å²) in [6.45, 7) is 8.09. The van der Waals surface area contributed by atoms with Crippen LogP contribution in [0.5, 0.6) is 0 Å². The zero-order chi connectivity index (χ0) is 12.1. The van der Waals surface area contributed by atoms with E-state index >= 15 is 0 Å². The van der Waals surface area contributed by atoms with Crippen molar-refractivity contribution in [1.29, 1.82) is 0 Å². The first-order valence-corrected chi connectivity index (χ1v) is 6.36. The molecule has 1 radical (unpaired) electrons. The predicted molar refractivity (Wildman–Crippen MR) is 73.5 cm³/mol. The molecule has 0 atom stereocenters. The van der Waals surface area contributed by atoms with Gasteiger partial charge in [0, 0.05) is 24.8 Å². The summed E-state index contributed by atoms with van der Waals surface area (Å²) in [7, 11) is 2.09. The number of anilines is 1. The molecule has 0 aliphatic carbocycles. The van der Waals surface area contributed by atoms with Gasteiger partial charge in [-0.2, -0.15) is 0 Å². The number of hydrogen-bond donors (Lipinski definition) is 0. The molecule has 0 amide bonds. The molecule has 0 N–H and O–H groups in total. The number of aromatic nitrogens is 2. The third-order valence-corrected chi connectivity index (χ3v) is 3.11. The fourth-order valence-electron chi connectivity index (χ4n) is 2.20. The molecule has 2 rings (SSSR count). The summed E-state index contributed by atoms with van der Waals surface area (Å²) in [6.07, 6.45) is 8.43. The van der Waals surface area contributed by atoms with E-state index in [1.165, 1.54) is 19.3 Å². The van der Waals surface area contributed by atoms with Crippen molar-refractivity contribution in [2.24, 2.45) is 0 Å². The van der Waals surface area contributed by atoms with Gasteiger partial charge in [-0.15, -0.1) is 0 Å². The highest BCUT2D eigenvalue weighted by Gasteiger charge is 2.15. The Labute approximate surface area is 104 Å². The van der Waals surface area contributed by atoms with Crippen LogP contribution in [0.4, 0.5) is 5.82 Å². The van der Waals surface area contributed by atoms with Crippen LogP contribution < -0.4 is 4.90 Å². The van der Waals surface area contributed by atoms with E-state index in [1.54, 1.807) is 0 Å². The second-order valence-electron chi connectivity index (χ2n) is 4.43. The Bertz CT molecular complexity index is 386. The lowest BCUT2D eigenvalue weighted by Gasteiger charge is -2.29. The lowest BCUT2D eigenvalue weighted by atomic mass is 9.78. The molecule has 1 aromatic rings. The first kappa shape index (κ1) is 12.2. The average Bonchev–Trinajstić information content (AvgIpc) is 2.40. The number of hydrogen-bond acceptors (Lipinski definition) is 3. The minimum absolute atomic E-state index is 0.832. The first-order chi connectivity index (χ1) is 8.35. The van der Waals surface area contributed by atoms with Crippen LogP contribution >= 0.6 is 0 Å². The summed E-state index contributed by atoms with van der Waals surface area (Å²) >= 11 is 0. The van der Waals surface area contributed by atoms with Crippen LogP contribution in [0.2, 0.25) is 6.82 Å². The van der Waals surface area contributed by atoms with Crippen molar-refractivity contribution in [2.75, 3.05) is 18.0 Å². The van der Waals surface area contributed by atoms with E-state index in [1.807, 2.05) is 19.1 Å². The zero-order valence-electron chi connectivity index (χ0n) is 10.5. The number of piperidine rings is 1. The molecule has 0 spiro atoms. The van der Waals surface area contributed by atoms with E-state index in [-0.39, 0.29) is 0 Å². The van der Waals surface area contributed by atoms with E-state index in [9.17, 15) is 0 Å². The number of nitrogens with zero attached hydrogens (tertiary/aromatic N) is 3. The van der Waals surface area contributed by atoms with Crippen LogP contribution in [-0.4, -0.2) is 30.3 Å². The lowest BCUT2D eigenvalue weighted by molar-refractivity contribution is 0.572. The van der Waals surface area contributed by atoms with Gasteiger partial charge in [0.15, 0.2) is 0 Å². The maximum absolute atomic E-state index is 4.67. The highest BCUT2D eigenvalue weighted by molar-refractivity contribution is 6.32. The van der Waals surface area contributed by atoms with E-state index in [4.69, 9.17) is 0 Å². The molecule has 17 heavy (non-hydrogen) atoms. The minimum Gasteiger partial charge on any atom is -0.356 e. The summed E-state index contributed by atoms with van der Waals surface area (Å²) in [5, 5.41) is 0. The van der Waals surface area contributed by atoms with Gasteiger partial charge in [-0.3, -0.25) is 0 Å². The van der Waals surface area contributed by atoms with Crippen LogP contribution in [0.3, 0.4) is 0 Å². The van der Waals surface area contributed by atoms with Gasteiger partial charge in [0.2, 0.25) is 0 Å². The van der Waals surface area contributed by atoms with Crippen molar-refractivity contribution >= 4 is 19.2 Å². The molecule has 0 unspecified atom stereocenters. The van der Waals surface area contributed by atoms with E-state index in [2.05, 4.69) is 28.7 Å². The fourth-order valence-corrected chi connectivity index (χ4v) is 2.20. The maximum atomic E-state index is 4.67. The monoisotopic (exact) mass is 228 g/mol. The molecule has 1 aliphatic rings. The van der Waals surface area contributed by atoms with E-state index < -0.39 is 0 Å². The molecule has 1 aliphatic heterocycles. The topological polar surface area (TPSA) is 29.0 Å². The first-order valence-electron chi connectivity index (χ1n) is 6.36. The molecule has 89 valence electrons. The summed E-state index contributed by atoms with van der Waals surface area (Å²) < 4.78 is 0. The van der Waals surface area contributed by atoms with Gasteiger partial charge in [0.25, 0.3) is 0 Å². The van der Waals surface area contributed by atoms with Crippen LogP contribution in [0.1, 0.15) is 30.7 Å². The Morgan fingerprint density at radius 1 is 1.41 bits per heavy atom. The summed E-state index contributed by atoms with van der Waals surface area (Å²) in [5.74, 6) is 1.96. The summed E-state index contributed by atoms with van der Waals surface area (Å²) in [4.78, 5) is 11.4. The molecule has 0 saturated carbocycles. The fraction of sp³-hybridized carbons (Fsp3) is 0.538. The summed E-state index contributed by atoms with van der Waals surface area (Å²) in [5.41, 5.74) is 1.05. The van der Waals surface area contributed by atoms with Gasteiger partial charge < -0.3 is 4.90 Å². The molecular formula is C13H19BN3. The molecule has 0 aromatic carbocycles. The smallest absolute Gasteiger partial charge is 0.139 e. The van der Waals surface area contributed by atoms with Crippen LogP contribution in [0.25, 0.3) is 6.08 Å². The van der Waals surface area contributed by atoms with Gasteiger partial charge in [0.05, 0.1) is 0 Å². The second-order valence-corrected chi connectivity index (χ2v) is 4.43. The lowest BCUT2D eigenvalue weighted by Crippen LogP contribution is -2.31. The molecule has 1 aromatic heterocycles. The molecule has 4 heteroatoms. The van der Waals surface area contributed by atoms with Crippen molar-refractivity contribution in [2.45, 2.75) is 32.4 Å². The molecule has 1 saturated heterocycles. The Hall–Kier alpha value is -1.32. The number of rotatable bonds is 4. The Balaban J connectivity index is 2.27. The second kappa shape index (κ2) is 5.85. The van der Waals surface area contributed by atoms with Crippen molar-refractivity contribution < 1.29 is 0 Å². The normalized spacial score (nSPS) is 15.7. The molecule has 2 heterocycles. The maximum Gasteiger partial charge on any atom is 0.139 e. The molecular weight excluding hydrogens is 209 g/mol. The zero-order valence-corrected chi connectivity index (χ0v) is 10.5. The quantitative estimate of drug-likeness (QED) is 0.741. The van der Waals surface area contributed by atoms with Crippen molar-refractivity contribution in [3.05, 3.63) is 24.2 Å². The molecule has 3 nitrogen and oxygen atoms in total. The SMILES string of the molecule is C=Cc1cnc(C[B]C)nc1N1CCCCC1. The minimum atomic E-state index is 0.832. The molecule has 1 fully saturated rings. The van der Waals surface area contributed by atoms with Crippen LogP contribution in [0, 0.1) is 0 Å². The van der Waals surface area contributed by atoms with Gasteiger partial charge in [0.1, 0.15) is 18.9 Å². The van der Waals surface area contributed by atoms with Crippen molar-refractivity contribution in [3.63, 3.8) is 0 Å². The third-order valence-electron chi connectivity index (χ3n) is 3.11. The Morgan fingerprint density at radius 2 is 2.18 bits per heavy atom. The predicted octanol–water partition coefficient (Wildman–Crippen LogP) is 2.36. The average molecular weight is 228 g/mol. The Morgan fingerprint density at radius 3 is 2.82 bits per heavy atom. The van der Waals surface area contributed by atoms with Gasteiger partial charge >= 0.3 is 0 Å². The standard InChI is InChI=1S/C13H19BN3/c1-3-11-10-15-12(9-14-2)16-13(11)17-7-5-4-6-8-17/h3,10H,1,4-9H2,2H3. The van der Waals surface area contributed by atoms with Gasteiger partial charge in [-0.25, -0.2) is 9.97 Å².